The number of ether oxygens (including phenoxy) is 2. The minimum absolute atomic E-state index is 0.00627. The molecule has 0 bridgehead atoms. The second kappa shape index (κ2) is 10.8. The predicted molar refractivity (Wildman–Crippen MR) is 138 cm³/mol. The van der Waals surface area contributed by atoms with E-state index in [4.69, 9.17) is 32.7 Å². The van der Waals surface area contributed by atoms with Gasteiger partial charge in [0.25, 0.3) is 11.6 Å². The van der Waals surface area contributed by atoms with Gasteiger partial charge in [0, 0.05) is 12.1 Å². The van der Waals surface area contributed by atoms with Crippen LogP contribution in [0.4, 0.5) is 11.4 Å². The highest BCUT2D eigenvalue weighted by Crippen LogP contribution is 2.37. The summed E-state index contributed by atoms with van der Waals surface area (Å²) in [6.45, 7) is 0.126. The van der Waals surface area contributed by atoms with E-state index < -0.39 is 4.92 Å². The van der Waals surface area contributed by atoms with Gasteiger partial charge < -0.3 is 14.8 Å². The van der Waals surface area contributed by atoms with Gasteiger partial charge in [0.1, 0.15) is 12.4 Å². The first-order valence-electron chi connectivity index (χ1n) is 10.1. The molecule has 1 fully saturated rings. The van der Waals surface area contributed by atoms with Crippen LogP contribution in [0.5, 0.6) is 11.5 Å². The summed E-state index contributed by atoms with van der Waals surface area (Å²) in [5.74, 6) is 0.707. The van der Waals surface area contributed by atoms with Gasteiger partial charge in [0.2, 0.25) is 0 Å². The molecule has 0 radical (unpaired) electrons. The Balaban J connectivity index is 1.46. The topological polar surface area (TPSA) is 103 Å². The Morgan fingerprint density at radius 2 is 1.74 bits per heavy atom. The van der Waals surface area contributed by atoms with Gasteiger partial charge in [-0.05, 0) is 77.5 Å². The van der Waals surface area contributed by atoms with E-state index in [0.717, 1.165) is 5.56 Å². The highest BCUT2D eigenvalue weighted by molar-refractivity contribution is 8.18. The number of nitro benzene ring substituents is 1. The number of rotatable bonds is 7. The number of nitrogens with zero attached hydrogens (tertiary/aromatic N) is 2. The Labute approximate surface area is 214 Å². The zero-order chi connectivity index (χ0) is 24.9. The zero-order valence-corrected chi connectivity index (χ0v) is 20.5. The molecule has 4 rings (SSSR count). The van der Waals surface area contributed by atoms with Crippen molar-refractivity contribution in [1.82, 2.24) is 5.32 Å². The van der Waals surface area contributed by atoms with Crippen LogP contribution < -0.4 is 14.8 Å². The molecule has 1 heterocycles. The Morgan fingerprint density at radius 1 is 1.09 bits per heavy atom. The van der Waals surface area contributed by atoms with Crippen LogP contribution in [0.25, 0.3) is 6.08 Å². The smallest absolute Gasteiger partial charge is 0.269 e. The van der Waals surface area contributed by atoms with Crippen LogP contribution in [0.15, 0.2) is 70.6 Å². The summed E-state index contributed by atoms with van der Waals surface area (Å²) in [5, 5.41) is 14.5. The van der Waals surface area contributed by atoms with Crippen molar-refractivity contribution in [2.24, 2.45) is 4.99 Å². The van der Waals surface area contributed by atoms with E-state index in [-0.39, 0.29) is 34.0 Å². The fourth-order valence-electron chi connectivity index (χ4n) is 3.08. The van der Waals surface area contributed by atoms with Gasteiger partial charge in [0.05, 0.1) is 32.7 Å². The summed E-state index contributed by atoms with van der Waals surface area (Å²) in [7, 11) is 1.58. The number of hydrogen-bond donors (Lipinski definition) is 1. The Hall–Kier alpha value is -3.53. The average molecular weight is 530 g/mol. The van der Waals surface area contributed by atoms with Crippen LogP contribution in [0.2, 0.25) is 10.0 Å². The third kappa shape index (κ3) is 6.13. The predicted octanol–water partition coefficient (Wildman–Crippen LogP) is 6.38. The van der Waals surface area contributed by atoms with Crippen LogP contribution in [-0.4, -0.2) is 23.1 Å². The number of nitro groups is 1. The molecule has 1 aliphatic heterocycles. The van der Waals surface area contributed by atoms with Crippen molar-refractivity contribution < 1.29 is 19.2 Å². The van der Waals surface area contributed by atoms with Crippen LogP contribution in [0.3, 0.4) is 0 Å². The molecule has 0 aliphatic carbocycles. The molecule has 0 spiro atoms. The van der Waals surface area contributed by atoms with E-state index >= 15 is 0 Å². The van der Waals surface area contributed by atoms with Crippen molar-refractivity contribution in [1.29, 1.82) is 0 Å². The SMILES string of the molecule is COc1ccc(N=C2NC(=O)/C(=C\c3cc(Cl)c(OCc4ccc([N+](=O)[O-])cc4)c(Cl)c3)S2)cc1. The minimum Gasteiger partial charge on any atom is -0.497 e. The lowest BCUT2D eigenvalue weighted by Gasteiger charge is -2.11. The van der Waals surface area contributed by atoms with Gasteiger partial charge in [-0.2, -0.15) is 0 Å². The van der Waals surface area contributed by atoms with Gasteiger partial charge in [-0.25, -0.2) is 4.99 Å². The highest BCUT2D eigenvalue weighted by Gasteiger charge is 2.24. The van der Waals surface area contributed by atoms with Crippen LogP contribution in [0, 0.1) is 10.1 Å². The molecular weight excluding hydrogens is 513 g/mol. The number of carbonyl (C=O) groups excluding carboxylic acids is 1. The number of methoxy groups -OCH3 is 1. The lowest BCUT2D eigenvalue weighted by Crippen LogP contribution is -2.19. The standard InChI is InChI=1S/C24H17Cl2N3O5S/c1-33-18-8-4-16(5-9-18)27-24-28-23(30)21(35-24)12-15-10-19(25)22(20(26)11-15)34-13-14-2-6-17(7-3-14)29(31)32/h2-12H,13H2,1H3,(H,27,28,30)/b21-12+. The number of halogens is 2. The molecule has 0 saturated carbocycles. The maximum atomic E-state index is 12.4. The molecule has 8 nitrogen and oxygen atoms in total. The summed E-state index contributed by atoms with van der Waals surface area (Å²) in [5.41, 5.74) is 2.01. The van der Waals surface area contributed by atoms with E-state index in [2.05, 4.69) is 10.3 Å². The lowest BCUT2D eigenvalue weighted by atomic mass is 10.2. The van der Waals surface area contributed by atoms with Crippen molar-refractivity contribution in [2.45, 2.75) is 6.61 Å². The van der Waals surface area contributed by atoms with Crippen molar-refractivity contribution >= 4 is 63.5 Å². The van der Waals surface area contributed by atoms with E-state index in [1.54, 1.807) is 61.7 Å². The molecule has 1 aliphatic rings. The number of amidine groups is 1. The first kappa shape index (κ1) is 24.6. The summed E-state index contributed by atoms with van der Waals surface area (Å²) in [4.78, 5) is 27.6. The van der Waals surface area contributed by atoms with Gasteiger partial charge in [0.15, 0.2) is 10.9 Å². The normalized spacial score (nSPS) is 15.3. The monoisotopic (exact) mass is 529 g/mol. The first-order valence-corrected chi connectivity index (χ1v) is 11.7. The Bertz CT molecular complexity index is 1320. The van der Waals surface area contributed by atoms with E-state index in [1.165, 1.54) is 23.9 Å². The third-order valence-corrected chi connectivity index (χ3v) is 6.27. The van der Waals surface area contributed by atoms with Crippen molar-refractivity contribution in [3.63, 3.8) is 0 Å². The number of non-ortho nitro benzene ring substituents is 1. The molecule has 1 saturated heterocycles. The largest absolute Gasteiger partial charge is 0.497 e. The maximum Gasteiger partial charge on any atom is 0.269 e. The van der Waals surface area contributed by atoms with Crippen molar-refractivity contribution in [2.75, 3.05) is 7.11 Å². The van der Waals surface area contributed by atoms with Crippen LogP contribution >= 0.6 is 35.0 Å². The second-order valence-electron chi connectivity index (χ2n) is 7.21. The minimum atomic E-state index is -0.470. The van der Waals surface area contributed by atoms with Crippen LogP contribution in [0.1, 0.15) is 11.1 Å². The number of benzene rings is 3. The summed E-state index contributed by atoms with van der Waals surface area (Å²) in [6.07, 6.45) is 1.66. The quantitative estimate of drug-likeness (QED) is 0.216. The van der Waals surface area contributed by atoms with Gasteiger partial charge >= 0.3 is 0 Å². The zero-order valence-electron chi connectivity index (χ0n) is 18.2. The average Bonchev–Trinajstić information content (AvgIpc) is 3.17. The molecular formula is C24H17Cl2N3O5S. The number of hydrogen-bond acceptors (Lipinski definition) is 7. The number of aliphatic imine (C=N–C) groups is 1. The fourth-order valence-corrected chi connectivity index (χ4v) is 4.53. The van der Waals surface area contributed by atoms with Crippen LogP contribution in [-0.2, 0) is 11.4 Å². The van der Waals surface area contributed by atoms with Gasteiger partial charge in [-0.15, -0.1) is 0 Å². The summed E-state index contributed by atoms with van der Waals surface area (Å²) >= 11 is 14.0. The molecule has 11 heteroatoms. The van der Waals surface area contributed by atoms with Crippen molar-refractivity contribution in [3.8, 4) is 11.5 Å². The Kier molecular flexibility index (Phi) is 7.60. The highest BCUT2D eigenvalue weighted by atomic mass is 35.5. The molecule has 35 heavy (non-hydrogen) atoms. The number of amides is 1. The number of thioether (sulfide) groups is 1. The molecule has 1 amide bonds. The van der Waals surface area contributed by atoms with Gasteiger partial charge in [-0.3, -0.25) is 14.9 Å². The number of carbonyl (C=O) groups is 1. The molecule has 0 aromatic heterocycles. The van der Waals surface area contributed by atoms with E-state index in [1.807, 2.05) is 0 Å². The third-order valence-electron chi connectivity index (χ3n) is 4.80. The van der Waals surface area contributed by atoms with Gasteiger partial charge in [-0.1, -0.05) is 23.2 Å². The van der Waals surface area contributed by atoms with E-state index in [9.17, 15) is 14.9 Å². The lowest BCUT2D eigenvalue weighted by molar-refractivity contribution is -0.384. The molecule has 178 valence electrons. The summed E-state index contributed by atoms with van der Waals surface area (Å²) < 4.78 is 10.9. The summed E-state index contributed by atoms with van der Waals surface area (Å²) in [6, 6.07) is 16.4. The van der Waals surface area contributed by atoms with Crippen molar-refractivity contribution in [3.05, 3.63) is 96.9 Å². The fraction of sp³-hybridized carbons (Fsp3) is 0.0833. The van der Waals surface area contributed by atoms with E-state index in [0.29, 0.717) is 27.1 Å². The number of nitrogens with one attached hydrogen (secondary N) is 1. The maximum absolute atomic E-state index is 12.4. The molecule has 0 atom stereocenters. The Morgan fingerprint density at radius 3 is 2.34 bits per heavy atom. The first-order chi connectivity index (χ1) is 16.8. The second-order valence-corrected chi connectivity index (χ2v) is 9.05. The molecule has 3 aromatic carbocycles. The molecule has 0 unspecified atom stereocenters. The molecule has 1 N–H and O–H groups in total. The molecule has 3 aromatic rings.